The molecule has 2 aliphatic rings. The molecule has 0 atom stereocenters. The van der Waals surface area contributed by atoms with Gasteiger partial charge in [-0.25, -0.2) is 0 Å². The van der Waals surface area contributed by atoms with Gasteiger partial charge in [0, 0.05) is 46.4 Å². The molecule has 23 heavy (non-hydrogen) atoms. The number of piperidine rings is 1. The van der Waals surface area contributed by atoms with Crippen molar-refractivity contribution in [2.75, 3.05) is 46.9 Å². The zero-order chi connectivity index (χ0) is 15.8. The van der Waals surface area contributed by atoms with Crippen molar-refractivity contribution >= 4 is 29.9 Å². The molecule has 0 aromatic carbocycles. The van der Waals surface area contributed by atoms with Gasteiger partial charge in [0.25, 0.3) is 0 Å². The Morgan fingerprint density at radius 3 is 2.48 bits per heavy atom. The van der Waals surface area contributed by atoms with E-state index in [1.807, 2.05) is 7.05 Å². The van der Waals surface area contributed by atoms with Crippen molar-refractivity contribution in [3.63, 3.8) is 0 Å². The van der Waals surface area contributed by atoms with Crippen LogP contribution < -0.4 is 10.6 Å². The molecule has 0 bridgehead atoms. The number of hydrogen-bond acceptors (Lipinski definition) is 3. The Kier molecular flexibility index (Phi) is 9.77. The summed E-state index contributed by atoms with van der Waals surface area (Å²) in [7, 11) is 3.65. The highest BCUT2D eigenvalue weighted by atomic mass is 127. The van der Waals surface area contributed by atoms with E-state index in [1.165, 1.54) is 38.5 Å². The highest BCUT2D eigenvalue weighted by Crippen LogP contribution is 2.36. The Hall–Kier alpha value is -0.0800. The van der Waals surface area contributed by atoms with Gasteiger partial charge >= 0.3 is 0 Å². The smallest absolute Gasteiger partial charge is 0.191 e. The van der Waals surface area contributed by atoms with Gasteiger partial charge in [-0.15, -0.1) is 24.0 Å². The molecule has 0 radical (unpaired) electrons. The third-order valence-corrected chi connectivity index (χ3v) is 5.26. The molecule has 0 amide bonds. The normalized spacial score (nSPS) is 22.7. The van der Waals surface area contributed by atoms with Crippen LogP contribution in [0.3, 0.4) is 0 Å². The summed E-state index contributed by atoms with van der Waals surface area (Å²) < 4.78 is 5.16. The minimum Gasteiger partial charge on any atom is -0.383 e. The molecule has 1 aliphatic carbocycles. The van der Waals surface area contributed by atoms with Gasteiger partial charge in [-0.05, 0) is 31.1 Å². The summed E-state index contributed by atoms with van der Waals surface area (Å²) in [6.07, 6.45) is 7.81. The first-order valence-corrected chi connectivity index (χ1v) is 8.84. The van der Waals surface area contributed by atoms with Crippen LogP contribution in [0.15, 0.2) is 4.99 Å². The summed E-state index contributed by atoms with van der Waals surface area (Å²) in [5.41, 5.74) is 0.459. The van der Waals surface area contributed by atoms with Gasteiger partial charge in [0.1, 0.15) is 0 Å². The molecule has 1 heterocycles. The highest BCUT2D eigenvalue weighted by molar-refractivity contribution is 14.0. The van der Waals surface area contributed by atoms with E-state index in [0.717, 1.165) is 38.7 Å². The lowest BCUT2D eigenvalue weighted by molar-refractivity contribution is 0.128. The van der Waals surface area contributed by atoms with Crippen LogP contribution in [0.1, 0.15) is 45.4 Å². The fourth-order valence-corrected chi connectivity index (χ4v) is 3.61. The van der Waals surface area contributed by atoms with Crippen LogP contribution in [0.5, 0.6) is 0 Å². The predicted octanol–water partition coefficient (Wildman–Crippen LogP) is 2.46. The van der Waals surface area contributed by atoms with E-state index in [0.29, 0.717) is 11.5 Å². The zero-order valence-corrected chi connectivity index (χ0v) is 17.4. The Morgan fingerprint density at radius 2 is 1.91 bits per heavy atom. The average Bonchev–Trinajstić information content (AvgIpc) is 2.97. The van der Waals surface area contributed by atoms with Crippen molar-refractivity contribution in [1.29, 1.82) is 0 Å². The Balaban J connectivity index is 0.00000264. The molecule has 5 nitrogen and oxygen atoms in total. The van der Waals surface area contributed by atoms with Crippen LogP contribution in [0.2, 0.25) is 0 Å². The molecule has 0 aromatic heterocycles. The van der Waals surface area contributed by atoms with E-state index in [4.69, 9.17) is 4.74 Å². The first-order chi connectivity index (χ1) is 10.6. The van der Waals surface area contributed by atoms with Crippen molar-refractivity contribution in [1.82, 2.24) is 15.5 Å². The maximum atomic E-state index is 5.16. The Morgan fingerprint density at radius 1 is 1.26 bits per heavy atom. The maximum absolute atomic E-state index is 5.16. The van der Waals surface area contributed by atoms with Crippen LogP contribution in [0.25, 0.3) is 0 Å². The van der Waals surface area contributed by atoms with E-state index in [1.54, 1.807) is 7.11 Å². The number of guanidine groups is 1. The molecule has 1 aliphatic heterocycles. The van der Waals surface area contributed by atoms with Crippen LogP contribution in [-0.2, 0) is 4.74 Å². The van der Waals surface area contributed by atoms with Crippen molar-refractivity contribution in [2.45, 2.75) is 51.5 Å². The van der Waals surface area contributed by atoms with Crippen molar-refractivity contribution < 1.29 is 4.74 Å². The molecule has 6 heteroatoms. The summed E-state index contributed by atoms with van der Waals surface area (Å²) in [4.78, 5) is 6.89. The van der Waals surface area contributed by atoms with Crippen molar-refractivity contribution in [2.24, 2.45) is 10.4 Å². The third-order valence-electron chi connectivity index (χ3n) is 5.26. The number of likely N-dealkylation sites (tertiary alicyclic amines) is 1. The predicted molar refractivity (Wildman–Crippen MR) is 108 cm³/mol. The van der Waals surface area contributed by atoms with Gasteiger partial charge in [0.15, 0.2) is 5.96 Å². The summed E-state index contributed by atoms with van der Waals surface area (Å²) >= 11 is 0. The lowest BCUT2D eigenvalue weighted by Crippen LogP contribution is -2.50. The van der Waals surface area contributed by atoms with E-state index >= 15 is 0 Å². The molecule has 0 aromatic rings. The number of rotatable bonds is 6. The minimum absolute atomic E-state index is 0. The molecule has 1 saturated carbocycles. The van der Waals surface area contributed by atoms with E-state index in [-0.39, 0.29) is 24.0 Å². The summed E-state index contributed by atoms with van der Waals surface area (Å²) in [5.74, 6) is 0.975. The molecule has 0 spiro atoms. The maximum Gasteiger partial charge on any atom is 0.191 e. The summed E-state index contributed by atoms with van der Waals surface area (Å²) in [5, 5.41) is 7.15. The fraction of sp³-hybridized carbons (Fsp3) is 0.941. The van der Waals surface area contributed by atoms with Gasteiger partial charge in [-0.2, -0.15) is 0 Å². The third kappa shape index (κ3) is 7.13. The van der Waals surface area contributed by atoms with Gasteiger partial charge in [0.05, 0.1) is 6.61 Å². The largest absolute Gasteiger partial charge is 0.383 e. The molecule has 2 rings (SSSR count). The number of nitrogens with zero attached hydrogens (tertiary/aromatic N) is 2. The molecule has 2 fully saturated rings. The Bertz CT molecular complexity index is 351. The van der Waals surface area contributed by atoms with Crippen LogP contribution >= 0.6 is 24.0 Å². The SMILES string of the molecule is CN=C(NCC1(C)CCCC1)NC1CCN(CCOC)CC1.I. The number of nitrogens with one attached hydrogen (secondary N) is 2. The molecule has 0 unspecified atom stereocenters. The lowest BCUT2D eigenvalue weighted by Gasteiger charge is -2.33. The second kappa shape index (κ2) is 10.7. The fourth-order valence-electron chi connectivity index (χ4n) is 3.61. The quantitative estimate of drug-likeness (QED) is 0.380. The lowest BCUT2D eigenvalue weighted by atomic mass is 9.89. The monoisotopic (exact) mass is 438 g/mol. The summed E-state index contributed by atoms with van der Waals surface area (Å²) in [6, 6.07) is 0.543. The summed E-state index contributed by atoms with van der Waals surface area (Å²) in [6.45, 7) is 7.62. The van der Waals surface area contributed by atoms with Crippen LogP contribution in [0, 0.1) is 5.41 Å². The second-order valence-electron chi connectivity index (χ2n) is 7.20. The van der Waals surface area contributed by atoms with Gasteiger partial charge in [-0.3, -0.25) is 4.99 Å². The first-order valence-electron chi connectivity index (χ1n) is 8.84. The standard InChI is InChI=1S/C17H34N4O.HI/c1-17(8-4-5-9-17)14-19-16(18-2)20-15-6-10-21(11-7-15)12-13-22-3;/h15H,4-14H2,1-3H3,(H2,18,19,20);1H. The molecule has 136 valence electrons. The number of methoxy groups -OCH3 is 1. The second-order valence-corrected chi connectivity index (χ2v) is 7.20. The van der Waals surface area contributed by atoms with E-state index in [2.05, 4.69) is 27.4 Å². The van der Waals surface area contributed by atoms with Crippen LogP contribution in [0.4, 0.5) is 0 Å². The van der Waals surface area contributed by atoms with Crippen molar-refractivity contribution in [3.05, 3.63) is 0 Å². The average molecular weight is 438 g/mol. The first kappa shape index (κ1) is 21.0. The van der Waals surface area contributed by atoms with Crippen LogP contribution in [-0.4, -0.2) is 63.8 Å². The molecule has 2 N–H and O–H groups in total. The number of aliphatic imine (C=N–C) groups is 1. The van der Waals surface area contributed by atoms with E-state index in [9.17, 15) is 0 Å². The van der Waals surface area contributed by atoms with Crippen molar-refractivity contribution in [3.8, 4) is 0 Å². The number of hydrogen-bond donors (Lipinski definition) is 2. The highest BCUT2D eigenvalue weighted by Gasteiger charge is 2.29. The zero-order valence-electron chi connectivity index (χ0n) is 15.1. The number of ether oxygens (including phenoxy) is 1. The minimum atomic E-state index is 0. The molecular weight excluding hydrogens is 403 g/mol. The topological polar surface area (TPSA) is 48.9 Å². The Labute approximate surface area is 159 Å². The number of halogens is 1. The molecule has 1 saturated heterocycles. The molecular formula is C17H35IN4O. The van der Waals surface area contributed by atoms with E-state index < -0.39 is 0 Å². The van der Waals surface area contributed by atoms with Gasteiger partial charge in [-0.1, -0.05) is 19.8 Å². The van der Waals surface area contributed by atoms with Gasteiger partial charge in [0.2, 0.25) is 0 Å². The van der Waals surface area contributed by atoms with Gasteiger partial charge < -0.3 is 20.3 Å².